The zero-order chi connectivity index (χ0) is 21.3. The Morgan fingerprint density at radius 2 is 1.96 bits per heavy atom. The number of benzene rings is 2. The smallest absolute Gasteiger partial charge is 0.323 e. The number of rotatable bonds is 4. The van der Waals surface area contributed by atoms with Crippen LogP contribution in [0.3, 0.4) is 0 Å². The summed E-state index contributed by atoms with van der Waals surface area (Å²) in [6.45, 7) is 0.135. The first-order valence-corrected chi connectivity index (χ1v) is 8.82. The number of nitrogen functional groups attached to an aromatic ring is 1. The van der Waals surface area contributed by atoms with Crippen molar-refractivity contribution in [3.05, 3.63) is 84.2 Å². The molecule has 4 rings (SSSR count). The number of aryl methyl sites for hydroxylation is 1. The minimum absolute atomic E-state index is 0.253. The number of carbonyl (C=O) groups is 1. The Hall–Kier alpha value is -3.80. The van der Waals surface area contributed by atoms with Crippen LogP contribution in [-0.4, -0.2) is 15.6 Å². The van der Waals surface area contributed by atoms with Gasteiger partial charge in [-0.3, -0.25) is 0 Å². The summed E-state index contributed by atoms with van der Waals surface area (Å²) in [4.78, 5) is 16.4. The number of hydrogen-bond acceptors (Lipinski definition) is 3. The van der Waals surface area contributed by atoms with Gasteiger partial charge in [-0.2, -0.15) is 0 Å². The van der Waals surface area contributed by atoms with Crippen molar-refractivity contribution in [3.8, 4) is 0 Å². The molecule has 2 aromatic carbocycles. The summed E-state index contributed by atoms with van der Waals surface area (Å²) in [6.07, 6.45) is 3.14. The van der Waals surface area contributed by atoms with Crippen molar-refractivity contribution in [2.45, 2.75) is 13.4 Å². The monoisotopic (exact) mass is 373 g/mol. The molecule has 0 fully saturated rings. The molecule has 2 amide bonds. The van der Waals surface area contributed by atoms with Gasteiger partial charge in [0.15, 0.2) is 0 Å². The number of nitrogens with one attached hydrogen (secondary N) is 2. The Labute approximate surface area is 165 Å². The number of urea groups is 1. The number of hydrogen-bond donors (Lipinski definition) is 3. The molecular formula is C22H21N5O. The predicted molar refractivity (Wildman–Crippen MR) is 114 cm³/mol. The zero-order valence-electron chi connectivity index (χ0n) is 17.3. The highest BCUT2D eigenvalue weighted by Crippen LogP contribution is 2.25. The second kappa shape index (κ2) is 7.44. The molecule has 140 valence electrons. The summed E-state index contributed by atoms with van der Waals surface area (Å²) < 4.78 is 18.8. The van der Waals surface area contributed by atoms with Crippen LogP contribution in [0.2, 0.25) is 0 Å². The van der Waals surface area contributed by atoms with Gasteiger partial charge in [0.25, 0.3) is 0 Å². The van der Waals surface area contributed by atoms with Crippen molar-refractivity contribution in [2.75, 3.05) is 16.4 Å². The number of nitrogens with zero attached hydrogens (tertiary/aromatic N) is 2. The molecule has 0 aliphatic heterocycles. The number of pyridine rings is 1. The van der Waals surface area contributed by atoms with E-state index in [0.717, 1.165) is 10.9 Å². The fourth-order valence-electron chi connectivity index (χ4n) is 2.95. The van der Waals surface area contributed by atoms with Gasteiger partial charge in [-0.25, -0.2) is 9.78 Å². The van der Waals surface area contributed by atoms with Crippen LogP contribution in [0.25, 0.3) is 10.9 Å². The maximum Gasteiger partial charge on any atom is 0.323 e. The van der Waals surface area contributed by atoms with Crippen molar-refractivity contribution < 1.29 is 7.54 Å². The van der Waals surface area contributed by atoms with Gasteiger partial charge in [0, 0.05) is 30.0 Å². The van der Waals surface area contributed by atoms with Crippen molar-refractivity contribution >= 4 is 34.1 Å². The molecule has 0 saturated heterocycles. The third kappa shape index (κ3) is 3.81. The summed E-state index contributed by atoms with van der Waals surface area (Å²) >= 11 is 0. The number of nitrogens with two attached hydrogens (primary N) is 1. The highest BCUT2D eigenvalue weighted by molar-refractivity contribution is 6.05. The molecule has 4 aromatic rings. The van der Waals surface area contributed by atoms with E-state index in [1.165, 1.54) is 16.8 Å². The van der Waals surface area contributed by atoms with E-state index in [-0.39, 0.29) is 11.8 Å². The van der Waals surface area contributed by atoms with Gasteiger partial charge in [0.1, 0.15) is 5.82 Å². The van der Waals surface area contributed by atoms with Gasteiger partial charge in [-0.15, -0.1) is 0 Å². The van der Waals surface area contributed by atoms with E-state index in [1.807, 2.05) is 31.2 Å². The molecule has 0 aliphatic rings. The number of carbonyl (C=O) groups excluding carboxylic acids is 1. The molecule has 0 radical (unpaired) electrons. The average Bonchev–Trinajstić information content (AvgIpc) is 3.16. The maximum absolute atomic E-state index is 12.4. The van der Waals surface area contributed by atoms with E-state index in [2.05, 4.69) is 15.6 Å². The molecule has 2 heterocycles. The van der Waals surface area contributed by atoms with Crippen LogP contribution >= 0.6 is 0 Å². The van der Waals surface area contributed by atoms with E-state index in [4.69, 9.17) is 8.48 Å². The van der Waals surface area contributed by atoms with Gasteiger partial charge in [0.2, 0.25) is 0 Å². The second-order valence-electron chi connectivity index (χ2n) is 6.45. The summed E-state index contributed by atoms with van der Waals surface area (Å²) in [5.41, 5.74) is 9.15. The number of amides is 2. The van der Waals surface area contributed by atoms with E-state index in [0.29, 0.717) is 22.5 Å². The fourth-order valence-corrected chi connectivity index (χ4v) is 2.95. The molecule has 28 heavy (non-hydrogen) atoms. The summed E-state index contributed by atoms with van der Waals surface area (Å²) in [5, 5.41) is 6.37. The molecule has 0 aliphatic carbocycles. The fraction of sp³-hybridized carbons (Fsp3) is 0.0909. The van der Waals surface area contributed by atoms with Crippen LogP contribution in [0.5, 0.6) is 0 Å². The first kappa shape index (κ1) is 15.3. The molecular weight excluding hydrogens is 350 g/mol. The number of aromatic nitrogens is 2. The van der Waals surface area contributed by atoms with Gasteiger partial charge in [-0.05, 0) is 55.0 Å². The molecule has 0 saturated carbocycles. The molecule has 4 N–H and O–H groups in total. The minimum atomic E-state index is -1.85. The summed E-state index contributed by atoms with van der Waals surface area (Å²) in [6, 6.07) is 17.4. The quantitative estimate of drug-likeness (QED) is 0.488. The number of anilines is 3. The Balaban J connectivity index is 1.63. The predicted octanol–water partition coefficient (Wildman–Crippen LogP) is 4.62. The largest absolute Gasteiger partial charge is 0.384 e. The maximum atomic E-state index is 12.4. The molecule has 6 heteroatoms. The zero-order valence-corrected chi connectivity index (χ0v) is 15.3. The molecule has 0 atom stereocenters. The van der Waals surface area contributed by atoms with Gasteiger partial charge in [0.05, 0.1) is 13.9 Å². The molecule has 2 aromatic heterocycles. The van der Waals surface area contributed by atoms with Crippen molar-refractivity contribution in [1.82, 2.24) is 9.55 Å². The summed E-state index contributed by atoms with van der Waals surface area (Å²) in [5.74, 6) is 0.253. The standard InChI is InChI=1S/C22H21N5O/c1-15-5-7-17(8-6-15)25-22(28)26-19-3-2-4-20-18(19)10-12-27(20)14-16-9-11-24-21(23)13-16/h2-13H,14H2,1H3,(H2,23,24)(H2,25,26,28)/i14D2. The second-order valence-corrected chi connectivity index (χ2v) is 6.45. The molecule has 0 unspecified atom stereocenters. The first-order valence-electron chi connectivity index (χ1n) is 9.82. The molecule has 6 nitrogen and oxygen atoms in total. The SMILES string of the molecule is [2H]C([2H])(c1ccnc(N)c1)n1ccc2c(NC(=O)Nc3ccc(C)cc3)cccc21. The highest BCUT2D eigenvalue weighted by atomic mass is 16.2. The third-order valence-corrected chi connectivity index (χ3v) is 4.32. The van der Waals surface area contributed by atoms with Crippen LogP contribution in [0.1, 0.15) is 13.9 Å². The topological polar surface area (TPSA) is 85.0 Å². The normalized spacial score (nSPS) is 12.3. The third-order valence-electron chi connectivity index (χ3n) is 4.32. The van der Waals surface area contributed by atoms with Gasteiger partial charge < -0.3 is 20.9 Å². The molecule has 0 spiro atoms. The Bertz CT molecular complexity index is 1220. The van der Waals surface area contributed by atoms with Crippen LogP contribution in [0, 0.1) is 6.92 Å². The van der Waals surface area contributed by atoms with E-state index < -0.39 is 6.50 Å². The average molecular weight is 373 g/mol. The van der Waals surface area contributed by atoms with E-state index in [9.17, 15) is 4.79 Å². The van der Waals surface area contributed by atoms with Gasteiger partial charge >= 0.3 is 6.03 Å². The minimum Gasteiger partial charge on any atom is -0.384 e. The van der Waals surface area contributed by atoms with Crippen LogP contribution in [-0.2, 0) is 6.50 Å². The van der Waals surface area contributed by atoms with Crippen molar-refractivity contribution in [1.29, 1.82) is 0 Å². The van der Waals surface area contributed by atoms with E-state index in [1.54, 1.807) is 36.5 Å². The Morgan fingerprint density at radius 3 is 2.75 bits per heavy atom. The van der Waals surface area contributed by atoms with Crippen LogP contribution in [0.15, 0.2) is 73.1 Å². The van der Waals surface area contributed by atoms with Crippen molar-refractivity contribution in [2.24, 2.45) is 0 Å². The lowest BCUT2D eigenvalue weighted by molar-refractivity contribution is 0.262. The van der Waals surface area contributed by atoms with Crippen LogP contribution in [0.4, 0.5) is 22.0 Å². The first-order chi connectivity index (χ1) is 14.3. The lowest BCUT2D eigenvalue weighted by atomic mass is 10.2. The Morgan fingerprint density at radius 1 is 1.14 bits per heavy atom. The van der Waals surface area contributed by atoms with Crippen LogP contribution < -0.4 is 16.4 Å². The summed E-state index contributed by atoms with van der Waals surface area (Å²) in [7, 11) is 0. The highest BCUT2D eigenvalue weighted by Gasteiger charge is 2.09. The van der Waals surface area contributed by atoms with Gasteiger partial charge in [-0.1, -0.05) is 23.8 Å². The Kier molecular flexibility index (Phi) is 4.06. The lowest BCUT2D eigenvalue weighted by Crippen LogP contribution is -2.19. The van der Waals surface area contributed by atoms with E-state index >= 15 is 0 Å². The lowest BCUT2D eigenvalue weighted by Gasteiger charge is -2.10. The molecule has 0 bridgehead atoms. The number of fused-ring (bicyclic) bond motifs is 1. The van der Waals surface area contributed by atoms with Crippen molar-refractivity contribution in [3.63, 3.8) is 0 Å².